The largest absolute Gasteiger partial charge is 0.364 e. The molecule has 0 aliphatic carbocycles. The topological polar surface area (TPSA) is 94.9 Å². The Morgan fingerprint density at radius 2 is 1.79 bits per heavy atom. The van der Waals surface area contributed by atoms with E-state index in [1.54, 1.807) is 10.9 Å². The molecular formula is C25H22N8O. The molecular weight excluding hydrogens is 428 g/mol. The van der Waals surface area contributed by atoms with Crippen LogP contribution in [0, 0.1) is 6.92 Å². The quantitative estimate of drug-likeness (QED) is 0.433. The van der Waals surface area contributed by atoms with Gasteiger partial charge in [0, 0.05) is 24.7 Å². The molecule has 0 unspecified atom stereocenters. The summed E-state index contributed by atoms with van der Waals surface area (Å²) < 4.78 is 5.41. The van der Waals surface area contributed by atoms with Crippen LogP contribution in [-0.2, 0) is 20.1 Å². The summed E-state index contributed by atoms with van der Waals surface area (Å²) in [5, 5.41) is 9.53. The average molecular weight is 451 g/mol. The van der Waals surface area contributed by atoms with Crippen LogP contribution in [-0.4, -0.2) is 33.7 Å². The Morgan fingerprint density at radius 3 is 2.62 bits per heavy atom. The van der Waals surface area contributed by atoms with Crippen LogP contribution in [0.2, 0.25) is 0 Å². The maximum absolute atomic E-state index is 13.5. The Bertz CT molecular complexity index is 1740. The fourth-order valence-corrected chi connectivity index (χ4v) is 4.30. The average Bonchev–Trinajstić information content (AvgIpc) is 3.45. The summed E-state index contributed by atoms with van der Waals surface area (Å²) in [7, 11) is 1.94. The van der Waals surface area contributed by atoms with E-state index in [1.165, 1.54) is 0 Å². The first kappa shape index (κ1) is 20.1. The fourth-order valence-electron chi connectivity index (χ4n) is 4.30. The number of nitrogens with one attached hydrogen (secondary N) is 1. The molecule has 168 valence electrons. The molecule has 34 heavy (non-hydrogen) atoms. The zero-order valence-corrected chi connectivity index (χ0v) is 18.8. The van der Waals surface area contributed by atoms with E-state index in [2.05, 4.69) is 15.4 Å². The van der Waals surface area contributed by atoms with Gasteiger partial charge < -0.3 is 9.88 Å². The smallest absolute Gasteiger partial charge is 0.262 e. The van der Waals surface area contributed by atoms with Crippen LogP contribution in [0.1, 0.15) is 17.2 Å². The molecule has 0 bridgehead atoms. The summed E-state index contributed by atoms with van der Waals surface area (Å²) in [6, 6.07) is 17.3. The van der Waals surface area contributed by atoms with Crippen molar-refractivity contribution in [2.75, 3.05) is 5.32 Å². The molecule has 9 nitrogen and oxygen atoms in total. The van der Waals surface area contributed by atoms with Crippen molar-refractivity contribution in [3.8, 4) is 0 Å². The molecule has 0 aliphatic heterocycles. The van der Waals surface area contributed by atoms with E-state index in [0.29, 0.717) is 29.2 Å². The highest BCUT2D eigenvalue weighted by atomic mass is 16.1. The van der Waals surface area contributed by atoms with Gasteiger partial charge in [-0.2, -0.15) is 5.10 Å². The summed E-state index contributed by atoms with van der Waals surface area (Å²) >= 11 is 0. The lowest BCUT2D eigenvalue weighted by Crippen LogP contribution is -2.24. The second-order valence-corrected chi connectivity index (χ2v) is 8.35. The minimum Gasteiger partial charge on any atom is -0.364 e. The van der Waals surface area contributed by atoms with Gasteiger partial charge in [-0.1, -0.05) is 24.3 Å². The van der Waals surface area contributed by atoms with E-state index in [1.807, 2.05) is 83.8 Å². The molecule has 1 N–H and O–H groups in total. The first-order valence-corrected chi connectivity index (χ1v) is 11.0. The number of hydrogen-bond donors (Lipinski definition) is 1. The Labute approximate surface area is 194 Å². The van der Waals surface area contributed by atoms with Gasteiger partial charge in [0.1, 0.15) is 11.5 Å². The molecule has 2 aromatic carbocycles. The Balaban J connectivity index is 1.47. The van der Waals surface area contributed by atoms with Crippen molar-refractivity contribution in [1.29, 1.82) is 0 Å². The van der Waals surface area contributed by atoms with Crippen LogP contribution in [0.3, 0.4) is 0 Å². The normalized spacial score (nSPS) is 11.6. The van der Waals surface area contributed by atoms with Gasteiger partial charge in [-0.3, -0.25) is 9.36 Å². The minimum atomic E-state index is -0.0947. The first-order chi connectivity index (χ1) is 16.6. The van der Waals surface area contributed by atoms with Gasteiger partial charge in [0.15, 0.2) is 5.82 Å². The van der Waals surface area contributed by atoms with Crippen molar-refractivity contribution in [2.45, 2.75) is 20.0 Å². The first-order valence-electron chi connectivity index (χ1n) is 11.0. The summed E-state index contributed by atoms with van der Waals surface area (Å²) in [5.74, 6) is 1.25. The zero-order chi connectivity index (χ0) is 23.2. The number of fused-ring (bicyclic) bond motifs is 4. The third-order valence-electron chi connectivity index (χ3n) is 5.84. The number of rotatable bonds is 5. The molecule has 9 heteroatoms. The predicted octanol–water partition coefficient (Wildman–Crippen LogP) is 3.29. The number of para-hydroxylation sites is 2. The Kier molecular flexibility index (Phi) is 4.61. The van der Waals surface area contributed by atoms with Crippen molar-refractivity contribution >= 4 is 33.3 Å². The summed E-state index contributed by atoms with van der Waals surface area (Å²) in [6.07, 6.45) is 3.73. The molecule has 0 saturated carbocycles. The molecule has 6 aromatic rings. The van der Waals surface area contributed by atoms with Crippen molar-refractivity contribution in [1.82, 2.24) is 33.7 Å². The van der Waals surface area contributed by atoms with Gasteiger partial charge in [0.05, 0.1) is 47.2 Å². The number of anilines is 1. The van der Waals surface area contributed by atoms with Crippen LogP contribution < -0.4 is 10.9 Å². The van der Waals surface area contributed by atoms with Crippen LogP contribution in [0.4, 0.5) is 5.82 Å². The van der Waals surface area contributed by atoms with Crippen LogP contribution >= 0.6 is 0 Å². The highest BCUT2D eigenvalue weighted by Crippen LogP contribution is 2.22. The second kappa shape index (κ2) is 7.80. The van der Waals surface area contributed by atoms with E-state index in [0.717, 1.165) is 27.8 Å². The lowest BCUT2D eigenvalue weighted by atomic mass is 10.2. The van der Waals surface area contributed by atoms with Crippen LogP contribution in [0.5, 0.6) is 0 Å². The minimum absolute atomic E-state index is 0.0947. The summed E-state index contributed by atoms with van der Waals surface area (Å²) in [4.78, 5) is 27.4. The molecule has 0 amide bonds. The van der Waals surface area contributed by atoms with Gasteiger partial charge in [0.2, 0.25) is 0 Å². The van der Waals surface area contributed by atoms with Crippen molar-refractivity contribution in [2.24, 2.45) is 7.05 Å². The lowest BCUT2D eigenvalue weighted by Gasteiger charge is -2.13. The molecule has 0 fully saturated rings. The van der Waals surface area contributed by atoms with E-state index in [9.17, 15) is 4.79 Å². The molecule has 0 radical (unpaired) electrons. The highest BCUT2D eigenvalue weighted by molar-refractivity contribution is 5.89. The third kappa shape index (κ3) is 3.38. The predicted molar refractivity (Wildman–Crippen MR) is 131 cm³/mol. The molecule has 0 aliphatic rings. The number of nitrogens with zero attached hydrogens (tertiary/aromatic N) is 7. The number of imidazole rings is 1. The molecule has 0 atom stereocenters. The Morgan fingerprint density at radius 1 is 1.00 bits per heavy atom. The van der Waals surface area contributed by atoms with Crippen LogP contribution in [0.15, 0.2) is 71.9 Å². The molecule has 0 saturated heterocycles. The Hall–Kier alpha value is -4.53. The molecule has 0 spiro atoms. The van der Waals surface area contributed by atoms with E-state index in [4.69, 9.17) is 9.97 Å². The van der Waals surface area contributed by atoms with E-state index < -0.39 is 0 Å². The fraction of sp³-hybridized carbons (Fsp3) is 0.160. The monoisotopic (exact) mass is 450 g/mol. The van der Waals surface area contributed by atoms with Crippen molar-refractivity contribution in [3.05, 3.63) is 94.7 Å². The van der Waals surface area contributed by atoms with Gasteiger partial charge in [0.25, 0.3) is 5.56 Å². The van der Waals surface area contributed by atoms with Crippen LogP contribution in [0.25, 0.3) is 27.5 Å². The van der Waals surface area contributed by atoms with Crippen molar-refractivity contribution in [3.63, 3.8) is 0 Å². The number of hydrogen-bond acceptors (Lipinski definition) is 6. The van der Waals surface area contributed by atoms with Crippen molar-refractivity contribution < 1.29 is 0 Å². The third-order valence-corrected chi connectivity index (χ3v) is 5.84. The summed E-state index contributed by atoms with van der Waals surface area (Å²) in [5.41, 5.74) is 3.95. The molecule has 4 aromatic heterocycles. The maximum Gasteiger partial charge on any atom is 0.262 e. The number of aryl methyl sites for hydroxylation is 2. The zero-order valence-electron chi connectivity index (χ0n) is 18.8. The number of benzene rings is 2. The number of aromatic nitrogens is 7. The van der Waals surface area contributed by atoms with Gasteiger partial charge >= 0.3 is 0 Å². The standard InChI is InChI=1S/C25H22N8O/c1-16-11-23-32(25(34)19-8-4-6-10-21(19)33(23)30-16)14-22-28-20-9-5-3-7-18(20)24(29-22)26-12-17-13-31(2)15-27-17/h3-11,13,15H,12,14H2,1-2H3,(H,26,28,29). The second-order valence-electron chi connectivity index (χ2n) is 8.35. The highest BCUT2D eigenvalue weighted by Gasteiger charge is 2.15. The van der Waals surface area contributed by atoms with E-state index in [-0.39, 0.29) is 12.1 Å². The molecule has 6 rings (SSSR count). The maximum atomic E-state index is 13.5. The molecule has 4 heterocycles. The van der Waals surface area contributed by atoms with Gasteiger partial charge in [-0.15, -0.1) is 0 Å². The summed E-state index contributed by atoms with van der Waals surface area (Å²) in [6.45, 7) is 2.67. The lowest BCUT2D eigenvalue weighted by molar-refractivity contribution is 0.728. The van der Waals surface area contributed by atoms with Gasteiger partial charge in [-0.05, 0) is 31.2 Å². The van der Waals surface area contributed by atoms with E-state index >= 15 is 0 Å². The SMILES string of the molecule is Cc1cc2n(Cc3nc(NCc4cn(C)cn4)c4ccccc4n3)c(=O)c3ccccc3n2n1. The van der Waals surface area contributed by atoms with Gasteiger partial charge in [-0.25, -0.2) is 19.5 Å².